The van der Waals surface area contributed by atoms with E-state index in [-0.39, 0.29) is 0 Å². The standard InChI is InChI=1S/C4H5Br2N3/c1-2-9-3(5)7-8-4(9)6/h2H2,1H3. The third kappa shape index (κ3) is 1.32. The smallest absolute Gasteiger partial charge is 0.200 e. The molecule has 0 N–H and O–H groups in total. The fourth-order valence-electron chi connectivity index (χ4n) is 0.528. The Morgan fingerprint density at radius 2 is 1.78 bits per heavy atom. The van der Waals surface area contributed by atoms with Crippen molar-refractivity contribution in [2.75, 3.05) is 0 Å². The summed E-state index contributed by atoms with van der Waals surface area (Å²) in [6, 6.07) is 0. The highest BCUT2D eigenvalue weighted by Gasteiger charge is 2.02. The normalized spacial score (nSPS) is 10.1. The highest BCUT2D eigenvalue weighted by Crippen LogP contribution is 2.12. The van der Waals surface area contributed by atoms with E-state index in [1.165, 1.54) is 0 Å². The van der Waals surface area contributed by atoms with Crippen LogP contribution in [-0.4, -0.2) is 14.8 Å². The zero-order valence-corrected chi connectivity index (χ0v) is 7.98. The van der Waals surface area contributed by atoms with E-state index < -0.39 is 0 Å². The number of rotatable bonds is 1. The van der Waals surface area contributed by atoms with Crippen molar-refractivity contribution in [1.29, 1.82) is 0 Å². The maximum absolute atomic E-state index is 3.77. The first-order valence-corrected chi connectivity index (χ1v) is 4.08. The summed E-state index contributed by atoms with van der Waals surface area (Å²) < 4.78 is 3.42. The summed E-state index contributed by atoms with van der Waals surface area (Å²) >= 11 is 6.47. The van der Waals surface area contributed by atoms with Crippen LogP contribution in [-0.2, 0) is 6.54 Å². The Morgan fingerprint density at radius 3 is 2.00 bits per heavy atom. The lowest BCUT2D eigenvalue weighted by atomic mass is 10.7. The van der Waals surface area contributed by atoms with Crippen molar-refractivity contribution >= 4 is 31.9 Å². The van der Waals surface area contributed by atoms with Crippen LogP contribution in [0.5, 0.6) is 0 Å². The molecule has 9 heavy (non-hydrogen) atoms. The number of aromatic nitrogens is 3. The second kappa shape index (κ2) is 2.79. The molecule has 0 atom stereocenters. The van der Waals surface area contributed by atoms with Crippen molar-refractivity contribution in [2.24, 2.45) is 0 Å². The van der Waals surface area contributed by atoms with Gasteiger partial charge < -0.3 is 0 Å². The van der Waals surface area contributed by atoms with Crippen LogP contribution in [0, 0.1) is 0 Å². The number of hydrogen-bond acceptors (Lipinski definition) is 2. The molecule has 1 aromatic rings. The molecule has 0 saturated carbocycles. The van der Waals surface area contributed by atoms with Crippen molar-refractivity contribution in [3.63, 3.8) is 0 Å². The van der Waals surface area contributed by atoms with Crippen molar-refractivity contribution in [3.05, 3.63) is 9.47 Å². The molecule has 0 spiro atoms. The van der Waals surface area contributed by atoms with Crippen LogP contribution < -0.4 is 0 Å². The Balaban J connectivity index is 3.07. The van der Waals surface area contributed by atoms with Crippen molar-refractivity contribution in [2.45, 2.75) is 13.5 Å². The molecule has 0 radical (unpaired) electrons. The van der Waals surface area contributed by atoms with Gasteiger partial charge in [0.15, 0.2) is 0 Å². The lowest BCUT2D eigenvalue weighted by molar-refractivity contribution is 0.722. The molecule has 0 aliphatic carbocycles. The highest BCUT2D eigenvalue weighted by atomic mass is 79.9. The molecule has 1 aromatic heterocycles. The Bertz CT molecular complexity index is 188. The first-order chi connectivity index (χ1) is 4.25. The molecule has 5 heteroatoms. The molecular weight excluding hydrogens is 250 g/mol. The van der Waals surface area contributed by atoms with Gasteiger partial charge in [0, 0.05) is 6.54 Å². The monoisotopic (exact) mass is 253 g/mol. The van der Waals surface area contributed by atoms with Crippen LogP contribution in [0.2, 0.25) is 0 Å². The third-order valence-electron chi connectivity index (χ3n) is 0.977. The van der Waals surface area contributed by atoms with E-state index >= 15 is 0 Å². The van der Waals surface area contributed by atoms with Gasteiger partial charge >= 0.3 is 0 Å². The average molecular weight is 255 g/mol. The van der Waals surface area contributed by atoms with Gasteiger partial charge in [0.25, 0.3) is 0 Å². The lowest BCUT2D eigenvalue weighted by Crippen LogP contribution is -1.93. The maximum atomic E-state index is 3.77. The van der Waals surface area contributed by atoms with Gasteiger partial charge in [-0.3, -0.25) is 4.57 Å². The average Bonchev–Trinajstić information content (AvgIpc) is 2.12. The van der Waals surface area contributed by atoms with Crippen LogP contribution >= 0.6 is 31.9 Å². The first kappa shape index (κ1) is 7.21. The van der Waals surface area contributed by atoms with E-state index in [1.807, 2.05) is 11.5 Å². The summed E-state index contributed by atoms with van der Waals surface area (Å²) in [6.07, 6.45) is 0. The van der Waals surface area contributed by atoms with E-state index in [4.69, 9.17) is 0 Å². The van der Waals surface area contributed by atoms with E-state index in [0.717, 1.165) is 16.0 Å². The van der Waals surface area contributed by atoms with Gasteiger partial charge in [-0.2, -0.15) is 0 Å². The maximum Gasteiger partial charge on any atom is 0.200 e. The SMILES string of the molecule is CCn1c(Br)nnc1Br. The molecular formula is C4H5Br2N3. The largest absolute Gasteiger partial charge is 0.297 e. The fourth-order valence-corrected chi connectivity index (χ4v) is 1.76. The second-order valence-electron chi connectivity index (χ2n) is 1.48. The lowest BCUT2D eigenvalue weighted by Gasteiger charge is -1.95. The summed E-state index contributed by atoms with van der Waals surface area (Å²) in [5.74, 6) is 0. The minimum atomic E-state index is 0.761. The summed E-state index contributed by atoms with van der Waals surface area (Å²) in [7, 11) is 0. The van der Waals surface area contributed by atoms with Crippen molar-refractivity contribution in [3.8, 4) is 0 Å². The molecule has 0 fully saturated rings. The Hall–Kier alpha value is 0.1000. The van der Waals surface area contributed by atoms with Crippen molar-refractivity contribution in [1.82, 2.24) is 14.8 Å². The van der Waals surface area contributed by atoms with Crippen LogP contribution in [0.15, 0.2) is 9.47 Å². The van der Waals surface area contributed by atoms with E-state index in [2.05, 4.69) is 42.1 Å². The Kier molecular flexibility index (Phi) is 2.23. The zero-order valence-electron chi connectivity index (χ0n) is 4.80. The van der Waals surface area contributed by atoms with E-state index in [1.54, 1.807) is 0 Å². The van der Waals surface area contributed by atoms with Gasteiger partial charge in [-0.15, -0.1) is 10.2 Å². The number of hydrogen-bond donors (Lipinski definition) is 0. The molecule has 50 valence electrons. The molecule has 0 bridgehead atoms. The Labute approximate surface area is 69.7 Å². The Morgan fingerprint density at radius 1 is 1.33 bits per heavy atom. The van der Waals surface area contributed by atoms with Crippen LogP contribution in [0.25, 0.3) is 0 Å². The molecule has 0 aliphatic heterocycles. The second-order valence-corrected chi connectivity index (χ2v) is 2.90. The molecule has 1 rings (SSSR count). The molecule has 0 aliphatic rings. The van der Waals surface area contributed by atoms with Gasteiger partial charge in [-0.1, -0.05) is 0 Å². The third-order valence-corrected chi connectivity index (χ3v) is 2.15. The predicted octanol–water partition coefficient (Wildman–Crippen LogP) is 1.82. The van der Waals surface area contributed by atoms with Gasteiger partial charge in [0.05, 0.1) is 0 Å². The summed E-state index contributed by atoms with van der Waals surface area (Å²) in [6.45, 7) is 2.90. The molecule has 0 unspecified atom stereocenters. The van der Waals surface area contributed by atoms with Crippen molar-refractivity contribution < 1.29 is 0 Å². The van der Waals surface area contributed by atoms with Gasteiger partial charge in [0.2, 0.25) is 9.47 Å². The van der Waals surface area contributed by atoms with Crippen LogP contribution in [0.1, 0.15) is 6.92 Å². The molecule has 0 aromatic carbocycles. The predicted molar refractivity (Wildman–Crippen MR) is 41.1 cm³/mol. The summed E-state index contributed by atoms with van der Waals surface area (Å²) in [5, 5.41) is 7.54. The minimum Gasteiger partial charge on any atom is -0.297 e. The topological polar surface area (TPSA) is 30.7 Å². The summed E-state index contributed by atoms with van der Waals surface area (Å²) in [5.41, 5.74) is 0. The molecule has 1 heterocycles. The van der Waals surface area contributed by atoms with Gasteiger partial charge in [-0.25, -0.2) is 0 Å². The fraction of sp³-hybridized carbons (Fsp3) is 0.500. The molecule has 0 saturated heterocycles. The first-order valence-electron chi connectivity index (χ1n) is 2.50. The van der Waals surface area contributed by atoms with Gasteiger partial charge in [0.1, 0.15) is 0 Å². The number of halogens is 2. The van der Waals surface area contributed by atoms with E-state index in [9.17, 15) is 0 Å². The molecule has 3 nitrogen and oxygen atoms in total. The number of nitrogens with zero attached hydrogens (tertiary/aromatic N) is 3. The highest BCUT2D eigenvalue weighted by molar-refractivity contribution is 9.11. The zero-order chi connectivity index (χ0) is 6.85. The van der Waals surface area contributed by atoms with E-state index in [0.29, 0.717) is 0 Å². The molecule has 0 amide bonds. The van der Waals surface area contributed by atoms with Crippen LogP contribution in [0.3, 0.4) is 0 Å². The minimum absolute atomic E-state index is 0.761. The van der Waals surface area contributed by atoms with Gasteiger partial charge in [-0.05, 0) is 38.8 Å². The summed E-state index contributed by atoms with van der Waals surface area (Å²) in [4.78, 5) is 0. The quantitative estimate of drug-likeness (QED) is 0.766. The van der Waals surface area contributed by atoms with Crippen LogP contribution in [0.4, 0.5) is 0 Å².